The monoisotopic (exact) mass is 290 g/mol. The van der Waals surface area contributed by atoms with Gasteiger partial charge in [-0.15, -0.1) is 0 Å². The molecule has 1 N–H and O–H groups in total. The van der Waals surface area contributed by atoms with Crippen molar-refractivity contribution in [3.63, 3.8) is 0 Å². The van der Waals surface area contributed by atoms with Gasteiger partial charge in [0.25, 0.3) is 0 Å². The van der Waals surface area contributed by atoms with Crippen molar-refractivity contribution in [3.05, 3.63) is 11.4 Å². The van der Waals surface area contributed by atoms with Crippen LogP contribution in [-0.4, -0.2) is 30.1 Å². The molecule has 118 valence electrons. The zero-order valence-corrected chi connectivity index (χ0v) is 14.3. The normalized spacial score (nSPS) is 17.3. The molecule has 1 aromatic heterocycles. The maximum Gasteiger partial charge on any atom is 0.137 e. The number of hydrogen-bond donors (Lipinski definition) is 1. The Kier molecular flexibility index (Phi) is 5.07. The first kappa shape index (κ1) is 16.1. The molecular formula is C17H30N4. The lowest BCUT2D eigenvalue weighted by Gasteiger charge is -2.27. The quantitative estimate of drug-likeness (QED) is 0.865. The minimum absolute atomic E-state index is 0.474. The molecule has 0 atom stereocenters. The van der Waals surface area contributed by atoms with Crippen LogP contribution < -0.4 is 10.2 Å². The molecule has 2 heterocycles. The zero-order valence-electron chi connectivity index (χ0n) is 14.3. The molecule has 1 saturated heterocycles. The lowest BCUT2D eigenvalue weighted by Crippen LogP contribution is -2.28. The summed E-state index contributed by atoms with van der Waals surface area (Å²) in [6.07, 6.45) is 5.82. The van der Waals surface area contributed by atoms with Crippen LogP contribution in [0.5, 0.6) is 0 Å². The van der Waals surface area contributed by atoms with Crippen molar-refractivity contribution >= 4 is 11.6 Å². The fraction of sp³-hybridized carbons (Fsp3) is 0.765. The molecule has 1 aromatic rings. The van der Waals surface area contributed by atoms with E-state index >= 15 is 0 Å². The second kappa shape index (κ2) is 6.63. The summed E-state index contributed by atoms with van der Waals surface area (Å²) in [5, 5.41) is 3.23. The van der Waals surface area contributed by atoms with Gasteiger partial charge in [-0.3, -0.25) is 0 Å². The van der Waals surface area contributed by atoms with Crippen molar-refractivity contribution in [3.8, 4) is 0 Å². The summed E-state index contributed by atoms with van der Waals surface area (Å²) >= 11 is 0. The van der Waals surface area contributed by atoms with Gasteiger partial charge in [-0.2, -0.15) is 0 Å². The molecule has 1 aliphatic rings. The second-order valence-electron chi connectivity index (χ2n) is 6.32. The molecule has 0 unspecified atom stereocenters. The van der Waals surface area contributed by atoms with Crippen LogP contribution in [0.2, 0.25) is 0 Å². The van der Waals surface area contributed by atoms with Crippen LogP contribution in [0.25, 0.3) is 0 Å². The summed E-state index contributed by atoms with van der Waals surface area (Å²) in [6, 6.07) is 0. The third-order valence-corrected chi connectivity index (χ3v) is 5.11. The predicted molar refractivity (Wildman–Crippen MR) is 90.2 cm³/mol. The van der Waals surface area contributed by atoms with Crippen LogP contribution in [0.1, 0.15) is 57.8 Å². The first-order chi connectivity index (χ1) is 10.1. The molecule has 0 spiro atoms. The highest BCUT2D eigenvalue weighted by Crippen LogP contribution is 2.39. The largest absolute Gasteiger partial charge is 0.373 e. The van der Waals surface area contributed by atoms with Gasteiger partial charge in [0.2, 0.25) is 0 Å². The Morgan fingerprint density at radius 2 is 1.90 bits per heavy atom. The van der Waals surface area contributed by atoms with Crippen LogP contribution in [0.3, 0.4) is 0 Å². The first-order valence-corrected chi connectivity index (χ1v) is 8.39. The molecule has 4 nitrogen and oxygen atoms in total. The average molecular weight is 290 g/mol. The van der Waals surface area contributed by atoms with Gasteiger partial charge < -0.3 is 10.2 Å². The molecule has 21 heavy (non-hydrogen) atoms. The molecule has 0 aliphatic carbocycles. The fourth-order valence-electron chi connectivity index (χ4n) is 3.38. The summed E-state index contributed by atoms with van der Waals surface area (Å²) in [5.41, 5.74) is 1.66. The van der Waals surface area contributed by atoms with Crippen LogP contribution >= 0.6 is 0 Å². The van der Waals surface area contributed by atoms with Gasteiger partial charge in [-0.25, -0.2) is 9.97 Å². The summed E-state index contributed by atoms with van der Waals surface area (Å²) in [5.74, 6) is 3.09. The highest BCUT2D eigenvalue weighted by atomic mass is 15.2. The molecule has 2 rings (SSSR count). The van der Waals surface area contributed by atoms with E-state index in [1.54, 1.807) is 0 Å². The Bertz CT molecular complexity index is 480. The third kappa shape index (κ3) is 3.14. The Balaban J connectivity index is 2.33. The van der Waals surface area contributed by atoms with Crippen molar-refractivity contribution in [1.29, 1.82) is 0 Å². The zero-order chi connectivity index (χ0) is 15.5. The van der Waals surface area contributed by atoms with Crippen molar-refractivity contribution in [2.45, 2.75) is 59.8 Å². The third-order valence-electron chi connectivity index (χ3n) is 5.11. The molecule has 0 amide bonds. The Morgan fingerprint density at radius 1 is 1.19 bits per heavy atom. The van der Waals surface area contributed by atoms with Gasteiger partial charge in [0.05, 0.1) is 0 Å². The van der Waals surface area contributed by atoms with Gasteiger partial charge in [0, 0.05) is 32.1 Å². The first-order valence-electron chi connectivity index (χ1n) is 8.39. The van der Waals surface area contributed by atoms with Crippen molar-refractivity contribution in [2.75, 3.05) is 30.4 Å². The summed E-state index contributed by atoms with van der Waals surface area (Å²) < 4.78 is 0. The smallest absolute Gasteiger partial charge is 0.137 e. The summed E-state index contributed by atoms with van der Waals surface area (Å²) in [6.45, 7) is 11.2. The molecule has 1 fully saturated rings. The molecule has 0 aromatic carbocycles. The van der Waals surface area contributed by atoms with Gasteiger partial charge in [-0.05, 0) is 38.0 Å². The minimum atomic E-state index is 0.474. The topological polar surface area (TPSA) is 41.1 Å². The lowest BCUT2D eigenvalue weighted by atomic mass is 9.82. The lowest BCUT2D eigenvalue weighted by molar-refractivity contribution is 0.301. The van der Waals surface area contributed by atoms with E-state index in [1.165, 1.54) is 24.8 Å². The van der Waals surface area contributed by atoms with Gasteiger partial charge in [0.15, 0.2) is 0 Å². The molecular weight excluding hydrogens is 260 g/mol. The highest BCUT2D eigenvalue weighted by molar-refractivity contribution is 5.59. The van der Waals surface area contributed by atoms with E-state index in [4.69, 9.17) is 4.98 Å². The number of nitrogens with one attached hydrogen (secondary N) is 1. The molecule has 4 heteroatoms. The number of aryl methyl sites for hydroxylation is 1. The van der Waals surface area contributed by atoms with Crippen LogP contribution in [-0.2, 0) is 6.42 Å². The second-order valence-corrected chi connectivity index (χ2v) is 6.32. The molecule has 0 bridgehead atoms. The fourth-order valence-corrected chi connectivity index (χ4v) is 3.38. The number of nitrogens with zero attached hydrogens (tertiary/aromatic N) is 3. The number of aromatic nitrogens is 2. The molecule has 1 aliphatic heterocycles. The van der Waals surface area contributed by atoms with E-state index in [9.17, 15) is 0 Å². The highest BCUT2D eigenvalue weighted by Gasteiger charge is 2.36. The van der Waals surface area contributed by atoms with E-state index in [2.05, 4.69) is 42.9 Å². The van der Waals surface area contributed by atoms with Crippen molar-refractivity contribution < 1.29 is 0 Å². The van der Waals surface area contributed by atoms with Crippen LogP contribution in [0.15, 0.2) is 0 Å². The number of hydrogen-bond acceptors (Lipinski definition) is 4. The SMILES string of the molecule is CCCc1nc(NC)c(C)c(N2CCC(CC)(CC)C2)n1. The van der Waals surface area contributed by atoms with Gasteiger partial charge in [0.1, 0.15) is 17.5 Å². The summed E-state index contributed by atoms with van der Waals surface area (Å²) in [7, 11) is 1.95. The van der Waals surface area contributed by atoms with Crippen LogP contribution in [0, 0.1) is 12.3 Å². The van der Waals surface area contributed by atoms with E-state index in [1.807, 2.05) is 7.05 Å². The van der Waals surface area contributed by atoms with E-state index < -0.39 is 0 Å². The van der Waals surface area contributed by atoms with Crippen molar-refractivity contribution in [2.24, 2.45) is 5.41 Å². The van der Waals surface area contributed by atoms with Gasteiger partial charge in [-0.1, -0.05) is 20.8 Å². The number of anilines is 2. The standard InChI is InChI=1S/C17H30N4/c1-6-9-14-19-15(18-5)13(4)16(20-14)21-11-10-17(7-2,8-3)12-21/h6-12H2,1-5H3,(H,18,19,20). The van der Waals surface area contributed by atoms with E-state index in [0.717, 1.165) is 43.4 Å². The predicted octanol–water partition coefficient (Wildman–Crippen LogP) is 3.80. The Labute approximate surface area is 129 Å². The molecule has 0 radical (unpaired) electrons. The average Bonchev–Trinajstić information content (AvgIpc) is 2.94. The minimum Gasteiger partial charge on any atom is -0.373 e. The van der Waals surface area contributed by atoms with Crippen molar-refractivity contribution in [1.82, 2.24) is 9.97 Å². The Morgan fingerprint density at radius 3 is 2.43 bits per heavy atom. The Hall–Kier alpha value is -1.32. The van der Waals surface area contributed by atoms with Crippen LogP contribution in [0.4, 0.5) is 11.6 Å². The maximum absolute atomic E-state index is 4.86. The number of rotatable bonds is 6. The molecule has 0 saturated carbocycles. The van der Waals surface area contributed by atoms with E-state index in [0.29, 0.717) is 5.41 Å². The maximum atomic E-state index is 4.86. The van der Waals surface area contributed by atoms with Gasteiger partial charge >= 0.3 is 0 Å². The van der Waals surface area contributed by atoms with E-state index in [-0.39, 0.29) is 0 Å². The summed E-state index contributed by atoms with van der Waals surface area (Å²) in [4.78, 5) is 12.0.